The third-order valence-corrected chi connectivity index (χ3v) is 4.18. The lowest BCUT2D eigenvalue weighted by Crippen LogP contribution is -2.27. The Morgan fingerprint density at radius 3 is 2.22 bits per heavy atom. The lowest BCUT2D eigenvalue weighted by molar-refractivity contribution is 0.244. The Morgan fingerprint density at radius 2 is 1.72 bits per heavy atom. The van der Waals surface area contributed by atoms with Gasteiger partial charge in [-0.3, -0.25) is 4.90 Å². The first-order valence-electron chi connectivity index (χ1n) is 7.28. The molecule has 2 aliphatic rings. The largest absolute Gasteiger partial charge is 0.399 e. The molecule has 0 saturated heterocycles. The second-order valence-corrected chi connectivity index (χ2v) is 6.27. The number of hydrogen-bond acceptors (Lipinski definition) is 2. The Kier molecular flexibility index (Phi) is 3.29. The van der Waals surface area contributed by atoms with E-state index in [1.54, 1.807) is 0 Å². The van der Waals surface area contributed by atoms with Gasteiger partial charge in [0.2, 0.25) is 0 Å². The normalized spacial score (nSPS) is 19.4. The predicted molar refractivity (Wildman–Crippen MR) is 76.3 cm³/mol. The summed E-state index contributed by atoms with van der Waals surface area (Å²) < 4.78 is 0. The van der Waals surface area contributed by atoms with Gasteiger partial charge in [0.25, 0.3) is 0 Å². The van der Waals surface area contributed by atoms with Crippen LogP contribution in [0.3, 0.4) is 0 Å². The van der Waals surface area contributed by atoms with Crippen LogP contribution in [0, 0.1) is 18.8 Å². The maximum Gasteiger partial charge on any atom is 0.0346 e. The summed E-state index contributed by atoms with van der Waals surface area (Å²) in [6, 6.07) is 6.54. The molecular weight excluding hydrogens is 220 g/mol. The van der Waals surface area contributed by atoms with E-state index in [2.05, 4.69) is 30.0 Å². The van der Waals surface area contributed by atoms with E-state index < -0.39 is 0 Å². The van der Waals surface area contributed by atoms with Crippen LogP contribution in [0.25, 0.3) is 0 Å². The fourth-order valence-electron chi connectivity index (χ4n) is 2.58. The van der Waals surface area contributed by atoms with E-state index >= 15 is 0 Å². The fourth-order valence-corrected chi connectivity index (χ4v) is 2.58. The minimum atomic E-state index is 0.935. The van der Waals surface area contributed by atoms with E-state index in [9.17, 15) is 0 Å². The second-order valence-electron chi connectivity index (χ2n) is 6.27. The van der Waals surface area contributed by atoms with Gasteiger partial charge in [-0.25, -0.2) is 0 Å². The molecular formula is C16H24N2. The molecule has 0 atom stereocenters. The average molecular weight is 244 g/mol. The van der Waals surface area contributed by atoms with Crippen molar-refractivity contribution in [3.05, 3.63) is 29.3 Å². The molecule has 2 nitrogen and oxygen atoms in total. The standard InChI is InChI=1S/C16H24N2/c1-12-2-3-15(8-16(12)17)11-18(9-13-4-5-13)10-14-6-7-14/h2-3,8,13-14H,4-7,9-11,17H2,1H3. The van der Waals surface area contributed by atoms with Gasteiger partial charge in [0.05, 0.1) is 0 Å². The van der Waals surface area contributed by atoms with Crippen molar-refractivity contribution in [2.45, 2.75) is 39.2 Å². The zero-order chi connectivity index (χ0) is 12.5. The Morgan fingerprint density at radius 1 is 1.11 bits per heavy atom. The first kappa shape index (κ1) is 12.0. The van der Waals surface area contributed by atoms with Crippen molar-refractivity contribution in [1.29, 1.82) is 0 Å². The average Bonchev–Trinajstić information content (AvgIpc) is 3.19. The van der Waals surface area contributed by atoms with Crippen LogP contribution < -0.4 is 5.73 Å². The number of anilines is 1. The Labute approximate surface area is 110 Å². The molecule has 0 aliphatic heterocycles. The zero-order valence-corrected chi connectivity index (χ0v) is 11.4. The van der Waals surface area contributed by atoms with Gasteiger partial charge in [0.15, 0.2) is 0 Å². The fraction of sp³-hybridized carbons (Fsp3) is 0.625. The number of nitrogen functional groups attached to an aromatic ring is 1. The van der Waals surface area contributed by atoms with E-state index in [1.165, 1.54) is 49.9 Å². The van der Waals surface area contributed by atoms with Gasteiger partial charge in [0.1, 0.15) is 0 Å². The number of nitrogens with zero attached hydrogens (tertiary/aromatic N) is 1. The van der Waals surface area contributed by atoms with Crippen LogP contribution in [0.15, 0.2) is 18.2 Å². The van der Waals surface area contributed by atoms with Gasteiger partial charge in [-0.15, -0.1) is 0 Å². The summed E-state index contributed by atoms with van der Waals surface area (Å²) >= 11 is 0. The maximum atomic E-state index is 6.01. The molecule has 0 radical (unpaired) electrons. The van der Waals surface area contributed by atoms with Crippen molar-refractivity contribution in [3.8, 4) is 0 Å². The first-order chi connectivity index (χ1) is 8.70. The third-order valence-electron chi connectivity index (χ3n) is 4.18. The SMILES string of the molecule is Cc1ccc(CN(CC2CC2)CC2CC2)cc1N. The van der Waals surface area contributed by atoms with Gasteiger partial charge in [-0.2, -0.15) is 0 Å². The topological polar surface area (TPSA) is 29.3 Å². The van der Waals surface area contributed by atoms with Crippen LogP contribution in [0.5, 0.6) is 0 Å². The zero-order valence-electron chi connectivity index (χ0n) is 11.4. The first-order valence-corrected chi connectivity index (χ1v) is 7.28. The van der Waals surface area contributed by atoms with Crippen molar-refractivity contribution in [1.82, 2.24) is 4.90 Å². The summed E-state index contributed by atoms with van der Waals surface area (Å²) in [6.07, 6.45) is 5.77. The number of benzene rings is 1. The van der Waals surface area contributed by atoms with Gasteiger partial charge in [-0.1, -0.05) is 12.1 Å². The Hall–Kier alpha value is -1.02. The Bertz CT molecular complexity index is 405. The molecule has 0 unspecified atom stereocenters. The quantitative estimate of drug-likeness (QED) is 0.779. The number of hydrogen-bond donors (Lipinski definition) is 1. The predicted octanol–water partition coefficient (Wildman–Crippen LogP) is 3.20. The Balaban J connectivity index is 1.63. The highest BCUT2D eigenvalue weighted by Gasteiger charge is 2.29. The third kappa shape index (κ3) is 3.26. The number of nitrogens with two attached hydrogens (primary N) is 1. The molecule has 0 spiro atoms. The summed E-state index contributed by atoms with van der Waals surface area (Å²) in [7, 11) is 0. The van der Waals surface area contributed by atoms with Crippen molar-refractivity contribution in [2.24, 2.45) is 11.8 Å². The molecule has 0 heterocycles. The minimum Gasteiger partial charge on any atom is -0.399 e. The van der Waals surface area contributed by atoms with Crippen LogP contribution >= 0.6 is 0 Å². The van der Waals surface area contributed by atoms with E-state index in [0.29, 0.717) is 0 Å². The molecule has 2 heteroatoms. The summed E-state index contributed by atoms with van der Waals surface area (Å²) in [4.78, 5) is 2.65. The molecule has 1 aromatic rings. The molecule has 0 amide bonds. The molecule has 2 aliphatic carbocycles. The van der Waals surface area contributed by atoms with Gasteiger partial charge >= 0.3 is 0 Å². The summed E-state index contributed by atoms with van der Waals surface area (Å²) in [5.74, 6) is 1.96. The van der Waals surface area contributed by atoms with Crippen LogP contribution in [0.2, 0.25) is 0 Å². The minimum absolute atomic E-state index is 0.935. The van der Waals surface area contributed by atoms with Crippen LogP contribution in [-0.4, -0.2) is 18.0 Å². The molecule has 18 heavy (non-hydrogen) atoms. The van der Waals surface area contributed by atoms with Gasteiger partial charge in [-0.05, 0) is 61.6 Å². The highest BCUT2D eigenvalue weighted by Crippen LogP contribution is 2.34. The number of rotatable bonds is 6. The molecule has 1 aromatic carbocycles. The van der Waals surface area contributed by atoms with Crippen LogP contribution in [0.4, 0.5) is 5.69 Å². The van der Waals surface area contributed by atoms with E-state index in [1.807, 2.05) is 0 Å². The van der Waals surface area contributed by atoms with Crippen molar-refractivity contribution in [2.75, 3.05) is 18.8 Å². The monoisotopic (exact) mass is 244 g/mol. The van der Waals surface area contributed by atoms with Gasteiger partial charge in [0, 0.05) is 25.3 Å². The molecule has 0 aromatic heterocycles. The van der Waals surface area contributed by atoms with Crippen molar-refractivity contribution in [3.63, 3.8) is 0 Å². The van der Waals surface area contributed by atoms with Gasteiger partial charge < -0.3 is 5.73 Å². The molecule has 2 N–H and O–H groups in total. The van der Waals surface area contributed by atoms with Crippen LogP contribution in [0.1, 0.15) is 36.8 Å². The molecule has 0 bridgehead atoms. The van der Waals surface area contributed by atoms with Crippen molar-refractivity contribution >= 4 is 5.69 Å². The summed E-state index contributed by atoms with van der Waals surface area (Å²) in [6.45, 7) is 5.75. The molecule has 98 valence electrons. The molecule has 2 saturated carbocycles. The molecule has 3 rings (SSSR count). The maximum absolute atomic E-state index is 6.01. The number of aryl methyl sites for hydroxylation is 1. The lowest BCUT2D eigenvalue weighted by Gasteiger charge is -2.22. The van der Waals surface area contributed by atoms with E-state index in [-0.39, 0.29) is 0 Å². The molecule has 2 fully saturated rings. The van der Waals surface area contributed by atoms with E-state index in [0.717, 1.165) is 24.1 Å². The van der Waals surface area contributed by atoms with Crippen molar-refractivity contribution < 1.29 is 0 Å². The second kappa shape index (κ2) is 4.93. The lowest BCUT2D eigenvalue weighted by atomic mass is 10.1. The summed E-state index contributed by atoms with van der Waals surface area (Å²) in [5.41, 5.74) is 9.50. The smallest absolute Gasteiger partial charge is 0.0346 e. The highest BCUT2D eigenvalue weighted by molar-refractivity contribution is 5.48. The van der Waals surface area contributed by atoms with Crippen LogP contribution in [-0.2, 0) is 6.54 Å². The van der Waals surface area contributed by atoms with E-state index in [4.69, 9.17) is 5.73 Å². The highest BCUT2D eigenvalue weighted by atomic mass is 15.1. The summed E-state index contributed by atoms with van der Waals surface area (Å²) in [5, 5.41) is 0.